The predicted octanol–water partition coefficient (Wildman–Crippen LogP) is 6.07. The third-order valence-corrected chi connectivity index (χ3v) is 6.35. The minimum Gasteiger partial charge on any atom is -0.353 e. The molecule has 1 fully saturated rings. The molecule has 1 saturated heterocycles. The summed E-state index contributed by atoms with van der Waals surface area (Å²) in [6, 6.07) is 11.5. The lowest BCUT2D eigenvalue weighted by atomic mass is 10.0. The van der Waals surface area contributed by atoms with Crippen LogP contribution in [0.2, 0.25) is 0 Å². The average molecular weight is 413 g/mol. The quantitative estimate of drug-likeness (QED) is 0.321. The van der Waals surface area contributed by atoms with Crippen molar-refractivity contribution in [3.8, 4) is 11.8 Å². The monoisotopic (exact) mass is 413 g/mol. The Labute approximate surface area is 178 Å². The van der Waals surface area contributed by atoms with Gasteiger partial charge in [0.1, 0.15) is 11.6 Å². The number of aromatic nitrogens is 2. The molecule has 0 bridgehead atoms. The van der Waals surface area contributed by atoms with Crippen LogP contribution in [0.15, 0.2) is 42.5 Å². The Morgan fingerprint density at radius 2 is 1.32 bits per heavy atom. The molecule has 1 aliphatic rings. The Kier molecular flexibility index (Phi) is 4.22. The molecule has 0 amide bonds. The van der Waals surface area contributed by atoms with Crippen molar-refractivity contribution in [2.45, 2.75) is 19.3 Å². The van der Waals surface area contributed by atoms with Crippen molar-refractivity contribution in [2.75, 3.05) is 19.6 Å². The zero-order valence-electron chi connectivity index (χ0n) is 17.0. The first-order valence-corrected chi connectivity index (χ1v) is 10.7. The van der Waals surface area contributed by atoms with E-state index in [2.05, 4.69) is 26.7 Å². The Bertz CT molecular complexity index is 1430. The van der Waals surface area contributed by atoms with Crippen LogP contribution in [0, 0.1) is 23.5 Å². The van der Waals surface area contributed by atoms with E-state index in [1.165, 1.54) is 31.4 Å². The predicted molar refractivity (Wildman–Crippen MR) is 122 cm³/mol. The van der Waals surface area contributed by atoms with E-state index in [1.54, 1.807) is 24.3 Å². The van der Waals surface area contributed by atoms with Gasteiger partial charge in [-0.1, -0.05) is 18.3 Å². The first kappa shape index (κ1) is 18.4. The number of fused-ring (bicyclic) bond motifs is 6. The van der Waals surface area contributed by atoms with Gasteiger partial charge in [0.25, 0.3) is 0 Å². The van der Waals surface area contributed by atoms with Gasteiger partial charge in [-0.3, -0.25) is 4.90 Å². The molecule has 3 aromatic carbocycles. The molecule has 0 unspecified atom stereocenters. The molecule has 5 aromatic rings. The smallest absolute Gasteiger partial charge is 0.123 e. The molecular weight excluding hydrogens is 392 g/mol. The van der Waals surface area contributed by atoms with Gasteiger partial charge >= 0.3 is 0 Å². The topological polar surface area (TPSA) is 34.8 Å². The van der Waals surface area contributed by atoms with Gasteiger partial charge in [0.15, 0.2) is 0 Å². The van der Waals surface area contributed by atoms with Crippen molar-refractivity contribution in [1.82, 2.24) is 14.9 Å². The third kappa shape index (κ3) is 3.07. The van der Waals surface area contributed by atoms with Crippen LogP contribution in [0.3, 0.4) is 0 Å². The Balaban J connectivity index is 1.62. The zero-order chi connectivity index (χ0) is 20.9. The highest BCUT2D eigenvalue weighted by molar-refractivity contribution is 6.20. The number of nitrogens with one attached hydrogen (secondary N) is 2. The van der Waals surface area contributed by atoms with Crippen LogP contribution in [-0.4, -0.2) is 34.5 Å². The molecule has 3 heterocycles. The lowest BCUT2D eigenvalue weighted by Gasteiger charge is -2.23. The molecule has 154 valence electrons. The minimum atomic E-state index is -0.281. The molecular formula is C26H21F2N3. The van der Waals surface area contributed by atoms with Gasteiger partial charge in [-0.25, -0.2) is 8.78 Å². The van der Waals surface area contributed by atoms with Crippen LogP contribution in [0.1, 0.15) is 24.8 Å². The molecule has 0 saturated carbocycles. The summed E-state index contributed by atoms with van der Waals surface area (Å²) in [6.07, 6.45) is 3.74. The highest BCUT2D eigenvalue weighted by Gasteiger charge is 2.16. The second kappa shape index (κ2) is 7.11. The van der Waals surface area contributed by atoms with Crippen molar-refractivity contribution in [2.24, 2.45) is 0 Å². The van der Waals surface area contributed by atoms with Crippen molar-refractivity contribution < 1.29 is 8.78 Å². The Morgan fingerprint density at radius 1 is 0.742 bits per heavy atom. The fourth-order valence-corrected chi connectivity index (χ4v) is 4.82. The fourth-order valence-electron chi connectivity index (χ4n) is 4.82. The number of rotatable bonds is 1. The largest absolute Gasteiger partial charge is 0.353 e. The normalized spacial score (nSPS) is 15.2. The van der Waals surface area contributed by atoms with Gasteiger partial charge in [0.2, 0.25) is 0 Å². The van der Waals surface area contributed by atoms with E-state index in [0.717, 1.165) is 68.8 Å². The van der Waals surface area contributed by atoms with E-state index in [1.807, 2.05) is 6.07 Å². The molecule has 2 aromatic heterocycles. The molecule has 0 spiro atoms. The number of piperidine rings is 1. The average Bonchev–Trinajstić information content (AvgIpc) is 3.32. The summed E-state index contributed by atoms with van der Waals surface area (Å²) < 4.78 is 28.0. The first-order chi connectivity index (χ1) is 15.2. The van der Waals surface area contributed by atoms with E-state index >= 15 is 0 Å². The minimum absolute atomic E-state index is 0.281. The summed E-state index contributed by atoms with van der Waals surface area (Å²) >= 11 is 0. The molecule has 0 atom stereocenters. The molecule has 0 radical (unpaired) electrons. The molecule has 3 nitrogen and oxygen atoms in total. The van der Waals surface area contributed by atoms with Crippen LogP contribution in [0.4, 0.5) is 8.78 Å². The Hall–Kier alpha value is -3.36. The van der Waals surface area contributed by atoms with Crippen molar-refractivity contribution in [3.05, 3.63) is 59.7 Å². The molecule has 2 N–H and O–H groups in total. The Morgan fingerprint density at radius 3 is 1.90 bits per heavy atom. The molecule has 5 heteroatoms. The van der Waals surface area contributed by atoms with Crippen LogP contribution < -0.4 is 0 Å². The molecule has 31 heavy (non-hydrogen) atoms. The van der Waals surface area contributed by atoms with Gasteiger partial charge in [-0.15, -0.1) is 0 Å². The summed E-state index contributed by atoms with van der Waals surface area (Å²) in [5.74, 6) is 6.18. The number of hydrogen-bond donors (Lipinski definition) is 2. The maximum absolute atomic E-state index is 14.0. The van der Waals surface area contributed by atoms with Crippen LogP contribution in [-0.2, 0) is 0 Å². The summed E-state index contributed by atoms with van der Waals surface area (Å²) in [6.45, 7) is 2.90. The van der Waals surface area contributed by atoms with E-state index in [4.69, 9.17) is 0 Å². The maximum atomic E-state index is 14.0. The number of aromatic amines is 2. The number of benzene rings is 3. The van der Waals surface area contributed by atoms with Gasteiger partial charge in [-0.05, 0) is 68.4 Å². The van der Waals surface area contributed by atoms with Crippen molar-refractivity contribution in [1.29, 1.82) is 0 Å². The number of hydrogen-bond acceptors (Lipinski definition) is 1. The number of nitrogens with zero attached hydrogens (tertiary/aromatic N) is 1. The molecule has 0 aliphatic carbocycles. The lowest BCUT2D eigenvalue weighted by molar-refractivity contribution is 0.255. The van der Waals surface area contributed by atoms with E-state index in [9.17, 15) is 8.78 Å². The summed E-state index contributed by atoms with van der Waals surface area (Å²) in [7, 11) is 0. The second-order valence-electron chi connectivity index (χ2n) is 8.37. The summed E-state index contributed by atoms with van der Waals surface area (Å²) in [5, 5.41) is 3.41. The van der Waals surface area contributed by atoms with Crippen LogP contribution >= 0.6 is 0 Å². The van der Waals surface area contributed by atoms with Crippen LogP contribution in [0.25, 0.3) is 43.6 Å². The van der Waals surface area contributed by atoms with Crippen molar-refractivity contribution in [3.63, 3.8) is 0 Å². The summed E-state index contributed by atoms with van der Waals surface area (Å²) in [5.41, 5.74) is 4.33. The fraction of sp³-hybridized carbons (Fsp3) is 0.231. The van der Waals surface area contributed by atoms with Gasteiger partial charge in [0.05, 0.1) is 23.1 Å². The van der Waals surface area contributed by atoms with Crippen molar-refractivity contribution >= 4 is 43.6 Å². The SMILES string of the molecule is Fc1ccc2[nH]c3c(C#CCN4CCCCC4)c4[nH]c5ccc(F)cc5c4cc3c2c1. The van der Waals surface area contributed by atoms with E-state index < -0.39 is 0 Å². The third-order valence-electron chi connectivity index (χ3n) is 6.35. The number of H-pyrrole nitrogens is 2. The number of likely N-dealkylation sites (tertiary alicyclic amines) is 1. The van der Waals surface area contributed by atoms with Gasteiger partial charge < -0.3 is 9.97 Å². The highest BCUT2D eigenvalue weighted by atomic mass is 19.1. The van der Waals surface area contributed by atoms with E-state index in [-0.39, 0.29) is 11.6 Å². The number of halogens is 2. The standard InChI is InChI=1S/C26H21F2N3/c27-16-6-8-23-19(13-16)21-15-22-20-14-17(28)7-9-24(20)30-26(22)18(25(21)29-23)5-4-12-31-10-2-1-3-11-31/h6-9,13-15,29-30H,1-3,10-12H2. The van der Waals surface area contributed by atoms with Gasteiger partial charge in [-0.2, -0.15) is 0 Å². The van der Waals surface area contributed by atoms with E-state index in [0.29, 0.717) is 0 Å². The van der Waals surface area contributed by atoms with Gasteiger partial charge in [0, 0.05) is 32.6 Å². The van der Waals surface area contributed by atoms with Crippen LogP contribution in [0.5, 0.6) is 0 Å². The second-order valence-corrected chi connectivity index (χ2v) is 8.37. The molecule has 1 aliphatic heterocycles. The lowest BCUT2D eigenvalue weighted by Crippen LogP contribution is -2.29. The molecule has 6 rings (SSSR count). The zero-order valence-corrected chi connectivity index (χ0v) is 17.0. The highest BCUT2D eigenvalue weighted by Crippen LogP contribution is 2.36. The first-order valence-electron chi connectivity index (χ1n) is 10.7. The summed E-state index contributed by atoms with van der Waals surface area (Å²) in [4.78, 5) is 9.25. The maximum Gasteiger partial charge on any atom is 0.123 e.